The number of carbonyl (C=O) groups is 1. The zero-order valence-corrected chi connectivity index (χ0v) is 9.35. The molecule has 0 saturated carbocycles. The van der Waals surface area contributed by atoms with Gasteiger partial charge < -0.3 is 14.9 Å². The molecule has 0 aliphatic carbocycles. The van der Waals surface area contributed by atoms with Crippen molar-refractivity contribution in [3.8, 4) is 5.75 Å². The van der Waals surface area contributed by atoms with E-state index in [2.05, 4.69) is 0 Å². The van der Waals surface area contributed by atoms with Crippen molar-refractivity contribution in [2.24, 2.45) is 0 Å². The number of ether oxygens (including phenoxy) is 1. The van der Waals surface area contributed by atoms with Crippen molar-refractivity contribution in [2.75, 3.05) is 13.2 Å². The SMILES string of the molecule is O=C(O)c1cc(OCCO)cc(S(=O)(=O)O)c1. The summed E-state index contributed by atoms with van der Waals surface area (Å²) in [6.45, 7) is -0.424. The molecule has 0 spiro atoms. The molecule has 0 amide bonds. The van der Waals surface area contributed by atoms with Crippen molar-refractivity contribution < 1.29 is 32.7 Å². The average molecular weight is 262 g/mol. The molecule has 0 aliphatic heterocycles. The quantitative estimate of drug-likeness (QED) is 0.638. The number of aromatic carboxylic acids is 1. The van der Waals surface area contributed by atoms with E-state index in [1.54, 1.807) is 0 Å². The number of rotatable bonds is 5. The van der Waals surface area contributed by atoms with Gasteiger partial charge in [0.15, 0.2) is 0 Å². The predicted octanol–water partition coefficient (Wildman–Crippen LogP) is 0.00260. The molecule has 0 radical (unpaired) electrons. The fourth-order valence-electron chi connectivity index (χ4n) is 1.09. The topological polar surface area (TPSA) is 121 Å². The molecule has 8 heteroatoms. The van der Waals surface area contributed by atoms with Gasteiger partial charge in [-0.3, -0.25) is 4.55 Å². The van der Waals surface area contributed by atoms with E-state index >= 15 is 0 Å². The largest absolute Gasteiger partial charge is 0.491 e. The lowest BCUT2D eigenvalue weighted by Gasteiger charge is -2.07. The van der Waals surface area contributed by atoms with E-state index in [0.717, 1.165) is 18.2 Å². The van der Waals surface area contributed by atoms with Gasteiger partial charge in [-0.25, -0.2) is 4.79 Å². The Kier molecular flexibility index (Phi) is 4.05. The highest BCUT2D eigenvalue weighted by Gasteiger charge is 2.15. The molecule has 3 N–H and O–H groups in total. The molecule has 0 fully saturated rings. The minimum atomic E-state index is -4.51. The minimum Gasteiger partial charge on any atom is -0.491 e. The third-order valence-corrected chi connectivity index (χ3v) is 2.62. The summed E-state index contributed by atoms with van der Waals surface area (Å²) in [6.07, 6.45) is 0. The van der Waals surface area contributed by atoms with Gasteiger partial charge >= 0.3 is 5.97 Å². The van der Waals surface area contributed by atoms with Crippen LogP contribution in [0.3, 0.4) is 0 Å². The van der Waals surface area contributed by atoms with Crippen LogP contribution in [0.1, 0.15) is 10.4 Å². The molecule has 0 aromatic heterocycles. The number of aliphatic hydroxyl groups excluding tert-OH is 1. The van der Waals surface area contributed by atoms with Gasteiger partial charge in [-0.1, -0.05) is 0 Å². The Bertz CT molecular complexity index is 520. The van der Waals surface area contributed by atoms with Crippen LogP contribution in [0.5, 0.6) is 5.75 Å². The summed E-state index contributed by atoms with van der Waals surface area (Å²) in [5, 5.41) is 17.3. The first-order valence-electron chi connectivity index (χ1n) is 4.44. The van der Waals surface area contributed by atoms with Gasteiger partial charge in [-0.15, -0.1) is 0 Å². The second kappa shape index (κ2) is 5.13. The van der Waals surface area contributed by atoms with Crippen LogP contribution in [0.2, 0.25) is 0 Å². The Morgan fingerprint density at radius 2 is 1.94 bits per heavy atom. The van der Waals surface area contributed by atoms with Crippen molar-refractivity contribution in [2.45, 2.75) is 4.90 Å². The van der Waals surface area contributed by atoms with Crippen molar-refractivity contribution in [1.82, 2.24) is 0 Å². The molecular formula is C9H10O7S. The highest BCUT2D eigenvalue weighted by molar-refractivity contribution is 7.85. The molecule has 0 bridgehead atoms. The van der Waals surface area contributed by atoms with Crippen LogP contribution >= 0.6 is 0 Å². The van der Waals surface area contributed by atoms with Crippen molar-refractivity contribution in [3.05, 3.63) is 23.8 Å². The third-order valence-electron chi connectivity index (χ3n) is 1.78. The number of carboxylic acids is 1. The molecule has 1 aromatic rings. The predicted molar refractivity (Wildman–Crippen MR) is 55.8 cm³/mol. The Balaban J connectivity index is 3.24. The molecule has 1 aromatic carbocycles. The molecular weight excluding hydrogens is 252 g/mol. The van der Waals surface area contributed by atoms with Crippen LogP contribution in [0.4, 0.5) is 0 Å². The standard InChI is InChI=1S/C9H10O7S/c10-1-2-16-7-3-6(9(11)12)4-8(5-7)17(13,14)15/h3-5,10H,1-2H2,(H,11,12)(H,13,14,15). The first-order chi connectivity index (χ1) is 7.84. The molecule has 0 aliphatic rings. The van der Waals surface area contributed by atoms with E-state index in [9.17, 15) is 13.2 Å². The minimum absolute atomic E-state index is 0.0634. The van der Waals surface area contributed by atoms with Gasteiger partial charge in [0.25, 0.3) is 10.1 Å². The maximum absolute atomic E-state index is 10.9. The zero-order chi connectivity index (χ0) is 13.1. The number of benzene rings is 1. The molecule has 0 atom stereocenters. The lowest BCUT2D eigenvalue weighted by atomic mass is 10.2. The summed E-state index contributed by atoms with van der Waals surface area (Å²) < 4.78 is 35.5. The Labute approximate surface area is 97.0 Å². The van der Waals surface area contributed by atoms with Crippen molar-refractivity contribution in [1.29, 1.82) is 0 Å². The Morgan fingerprint density at radius 1 is 1.29 bits per heavy atom. The van der Waals surface area contributed by atoms with Crippen LogP contribution in [0.15, 0.2) is 23.1 Å². The summed E-state index contributed by atoms with van der Waals surface area (Å²) in [5.41, 5.74) is -0.340. The van der Waals surface area contributed by atoms with E-state index < -0.39 is 21.0 Å². The maximum atomic E-state index is 10.9. The maximum Gasteiger partial charge on any atom is 0.335 e. The summed E-state index contributed by atoms with van der Waals surface area (Å²) >= 11 is 0. The van der Waals surface area contributed by atoms with Crippen molar-refractivity contribution in [3.63, 3.8) is 0 Å². The van der Waals surface area contributed by atoms with Crippen molar-refractivity contribution >= 4 is 16.1 Å². The fraction of sp³-hybridized carbons (Fsp3) is 0.222. The molecule has 0 unspecified atom stereocenters. The van der Waals surface area contributed by atoms with Gasteiger partial charge in [0.1, 0.15) is 12.4 Å². The van der Waals surface area contributed by atoms with Crippen LogP contribution in [0.25, 0.3) is 0 Å². The van der Waals surface area contributed by atoms with Gasteiger partial charge in [0, 0.05) is 6.07 Å². The van der Waals surface area contributed by atoms with Crippen LogP contribution in [0, 0.1) is 0 Å². The first-order valence-corrected chi connectivity index (χ1v) is 5.88. The molecule has 0 saturated heterocycles. The summed E-state index contributed by atoms with van der Waals surface area (Å²) in [7, 11) is -4.51. The summed E-state index contributed by atoms with van der Waals surface area (Å²) in [4.78, 5) is 10.1. The number of hydrogen-bond donors (Lipinski definition) is 3. The van der Waals surface area contributed by atoms with Gasteiger partial charge in [0.2, 0.25) is 0 Å². The monoisotopic (exact) mass is 262 g/mol. The lowest BCUT2D eigenvalue weighted by Crippen LogP contribution is -2.06. The average Bonchev–Trinajstić information content (AvgIpc) is 2.24. The Hall–Kier alpha value is -1.64. The normalized spacial score (nSPS) is 11.2. The van der Waals surface area contributed by atoms with E-state index in [-0.39, 0.29) is 24.5 Å². The van der Waals surface area contributed by atoms with Gasteiger partial charge in [0.05, 0.1) is 17.1 Å². The fourth-order valence-corrected chi connectivity index (χ4v) is 1.63. The molecule has 1 rings (SSSR count). The van der Waals surface area contributed by atoms with Crippen LogP contribution < -0.4 is 4.74 Å². The van der Waals surface area contributed by atoms with Crippen LogP contribution in [-0.2, 0) is 10.1 Å². The molecule has 0 heterocycles. The molecule has 7 nitrogen and oxygen atoms in total. The first kappa shape index (κ1) is 13.4. The third kappa shape index (κ3) is 3.70. The Morgan fingerprint density at radius 3 is 2.41 bits per heavy atom. The smallest absolute Gasteiger partial charge is 0.335 e. The second-order valence-corrected chi connectivity index (χ2v) is 4.47. The lowest BCUT2D eigenvalue weighted by molar-refractivity contribution is 0.0696. The van der Waals surface area contributed by atoms with E-state index in [1.807, 2.05) is 0 Å². The highest BCUT2D eigenvalue weighted by Crippen LogP contribution is 2.20. The molecule has 17 heavy (non-hydrogen) atoms. The number of aliphatic hydroxyl groups is 1. The highest BCUT2D eigenvalue weighted by atomic mass is 32.2. The van der Waals surface area contributed by atoms with E-state index in [4.69, 9.17) is 19.5 Å². The van der Waals surface area contributed by atoms with E-state index in [0.29, 0.717) is 0 Å². The van der Waals surface area contributed by atoms with E-state index in [1.165, 1.54) is 0 Å². The zero-order valence-electron chi connectivity index (χ0n) is 8.53. The second-order valence-electron chi connectivity index (χ2n) is 3.05. The summed E-state index contributed by atoms with van der Waals surface area (Å²) in [5.74, 6) is -1.42. The summed E-state index contributed by atoms with van der Waals surface area (Å²) in [6, 6.07) is 2.87. The number of carboxylic acid groups (broad SMARTS) is 1. The van der Waals surface area contributed by atoms with Gasteiger partial charge in [-0.2, -0.15) is 8.42 Å². The van der Waals surface area contributed by atoms with Gasteiger partial charge in [-0.05, 0) is 12.1 Å². The number of hydrogen-bond acceptors (Lipinski definition) is 5. The molecule has 94 valence electrons. The van der Waals surface area contributed by atoms with Crippen LogP contribution in [-0.4, -0.2) is 42.4 Å².